The van der Waals surface area contributed by atoms with Crippen molar-refractivity contribution in [1.82, 2.24) is 0 Å². The van der Waals surface area contributed by atoms with Crippen LogP contribution in [-0.2, 0) is 0 Å². The number of nitrogens with one attached hydrogen (secondary N) is 2. The first kappa shape index (κ1) is 15.6. The Morgan fingerprint density at radius 3 is 2.74 bits per heavy atom. The second-order valence-corrected chi connectivity index (χ2v) is 5.95. The molecule has 0 radical (unpaired) electrons. The zero-order valence-electron chi connectivity index (χ0n) is 13.3. The van der Waals surface area contributed by atoms with Gasteiger partial charge >= 0.3 is 0 Å². The number of hydrogen-bond donors (Lipinski definition) is 2. The van der Waals surface area contributed by atoms with Gasteiger partial charge in [-0.15, -0.1) is 0 Å². The highest BCUT2D eigenvalue weighted by molar-refractivity contribution is 7.80. The van der Waals surface area contributed by atoms with Gasteiger partial charge in [-0.2, -0.15) is 0 Å². The minimum atomic E-state index is 0.268. The molecule has 2 aromatic carbocycles. The summed E-state index contributed by atoms with van der Waals surface area (Å²) in [5.74, 6) is 1.97. The van der Waals surface area contributed by atoms with Crippen LogP contribution in [0.15, 0.2) is 42.5 Å². The number of benzene rings is 2. The lowest BCUT2D eigenvalue weighted by atomic mass is 9.97. The maximum Gasteiger partial charge on any atom is 0.231 e. The molecule has 2 N–H and O–H groups in total. The van der Waals surface area contributed by atoms with Crippen LogP contribution < -0.4 is 20.1 Å². The first-order chi connectivity index (χ1) is 11.2. The summed E-state index contributed by atoms with van der Waals surface area (Å²) < 4.78 is 10.7. The molecule has 23 heavy (non-hydrogen) atoms. The van der Waals surface area contributed by atoms with E-state index in [4.69, 9.17) is 21.7 Å². The van der Waals surface area contributed by atoms with Crippen molar-refractivity contribution in [2.24, 2.45) is 0 Å². The maximum absolute atomic E-state index is 5.43. The summed E-state index contributed by atoms with van der Waals surface area (Å²) in [7, 11) is 0. The van der Waals surface area contributed by atoms with Crippen molar-refractivity contribution in [2.75, 3.05) is 17.4 Å². The first-order valence-electron chi connectivity index (χ1n) is 7.74. The van der Waals surface area contributed by atoms with Crippen LogP contribution in [0.25, 0.3) is 0 Å². The molecule has 0 aromatic heterocycles. The van der Waals surface area contributed by atoms with E-state index in [0.29, 0.717) is 11.0 Å². The molecule has 3 rings (SSSR count). The standard InChI is InChI=1S/C18H20N2O2S/c1-3-12(2)14-6-4-5-7-15(14)20-18(23)19-13-8-9-16-17(10-13)22-11-21-16/h4-10,12H,3,11H2,1-2H3,(H2,19,20,23). The van der Waals surface area contributed by atoms with Gasteiger partial charge in [-0.05, 0) is 48.3 Å². The zero-order valence-corrected chi connectivity index (χ0v) is 14.1. The molecule has 120 valence electrons. The zero-order chi connectivity index (χ0) is 16.2. The van der Waals surface area contributed by atoms with E-state index in [1.165, 1.54) is 5.56 Å². The molecule has 1 heterocycles. The van der Waals surface area contributed by atoms with Gasteiger partial charge in [0, 0.05) is 17.4 Å². The molecule has 0 saturated carbocycles. The van der Waals surface area contributed by atoms with E-state index in [2.05, 4.69) is 42.7 Å². The van der Waals surface area contributed by atoms with Crippen LogP contribution in [0.4, 0.5) is 11.4 Å². The van der Waals surface area contributed by atoms with Gasteiger partial charge in [0.25, 0.3) is 0 Å². The third-order valence-corrected chi connectivity index (χ3v) is 4.19. The Morgan fingerprint density at radius 2 is 1.91 bits per heavy atom. The molecule has 2 aromatic rings. The number of ether oxygens (including phenoxy) is 2. The molecule has 1 unspecified atom stereocenters. The van der Waals surface area contributed by atoms with Crippen LogP contribution in [0.2, 0.25) is 0 Å². The number of anilines is 2. The summed E-state index contributed by atoms with van der Waals surface area (Å²) in [5.41, 5.74) is 3.18. The van der Waals surface area contributed by atoms with E-state index in [9.17, 15) is 0 Å². The predicted octanol–water partition coefficient (Wildman–Crippen LogP) is 4.74. The molecule has 5 heteroatoms. The monoisotopic (exact) mass is 328 g/mol. The quantitative estimate of drug-likeness (QED) is 0.794. The molecular formula is C18H20N2O2S. The molecule has 1 atom stereocenters. The van der Waals surface area contributed by atoms with Crippen molar-refractivity contribution < 1.29 is 9.47 Å². The predicted molar refractivity (Wildman–Crippen MR) is 97.6 cm³/mol. The van der Waals surface area contributed by atoms with Gasteiger partial charge in [-0.3, -0.25) is 0 Å². The van der Waals surface area contributed by atoms with Crippen molar-refractivity contribution in [3.8, 4) is 11.5 Å². The Hall–Kier alpha value is -2.27. The Balaban J connectivity index is 1.70. The molecule has 0 aliphatic carbocycles. The Labute approximate surface area is 141 Å². The number of hydrogen-bond acceptors (Lipinski definition) is 3. The summed E-state index contributed by atoms with van der Waals surface area (Å²) in [5, 5.41) is 7.03. The summed E-state index contributed by atoms with van der Waals surface area (Å²) in [6.45, 7) is 4.67. The van der Waals surface area contributed by atoms with Crippen molar-refractivity contribution in [2.45, 2.75) is 26.2 Å². The average molecular weight is 328 g/mol. The molecule has 0 saturated heterocycles. The van der Waals surface area contributed by atoms with Gasteiger partial charge in [0.2, 0.25) is 6.79 Å². The fourth-order valence-corrected chi connectivity index (χ4v) is 2.75. The molecular weight excluding hydrogens is 308 g/mol. The van der Waals surface area contributed by atoms with E-state index in [-0.39, 0.29) is 6.79 Å². The summed E-state index contributed by atoms with van der Waals surface area (Å²) in [6, 6.07) is 13.9. The van der Waals surface area contributed by atoms with Gasteiger partial charge in [0.1, 0.15) is 0 Å². The first-order valence-corrected chi connectivity index (χ1v) is 8.14. The Bertz CT molecular complexity index is 718. The van der Waals surface area contributed by atoms with Gasteiger partial charge in [-0.25, -0.2) is 0 Å². The molecule has 1 aliphatic rings. The fraction of sp³-hybridized carbons (Fsp3) is 0.278. The lowest BCUT2D eigenvalue weighted by Crippen LogP contribution is -2.20. The van der Waals surface area contributed by atoms with Crippen LogP contribution in [0.5, 0.6) is 11.5 Å². The Kier molecular flexibility index (Phi) is 4.67. The number of thiocarbonyl (C=S) groups is 1. The second-order valence-electron chi connectivity index (χ2n) is 5.54. The van der Waals surface area contributed by atoms with E-state index in [1.807, 2.05) is 24.3 Å². The molecule has 0 fully saturated rings. The third-order valence-electron chi connectivity index (χ3n) is 3.98. The van der Waals surface area contributed by atoms with Crippen LogP contribution in [0.3, 0.4) is 0 Å². The number of rotatable bonds is 4. The van der Waals surface area contributed by atoms with Crippen molar-refractivity contribution in [1.29, 1.82) is 0 Å². The maximum atomic E-state index is 5.43. The van der Waals surface area contributed by atoms with Gasteiger partial charge in [-0.1, -0.05) is 32.0 Å². The smallest absolute Gasteiger partial charge is 0.231 e. The number of fused-ring (bicyclic) bond motifs is 1. The lowest BCUT2D eigenvalue weighted by Gasteiger charge is -2.17. The van der Waals surface area contributed by atoms with Crippen molar-refractivity contribution in [3.63, 3.8) is 0 Å². The summed E-state index contributed by atoms with van der Waals surface area (Å²) in [4.78, 5) is 0. The van der Waals surface area contributed by atoms with Gasteiger partial charge < -0.3 is 20.1 Å². The molecule has 4 nitrogen and oxygen atoms in total. The van der Waals surface area contributed by atoms with E-state index >= 15 is 0 Å². The van der Waals surface area contributed by atoms with E-state index in [1.54, 1.807) is 0 Å². The fourth-order valence-electron chi connectivity index (χ4n) is 2.52. The highest BCUT2D eigenvalue weighted by Crippen LogP contribution is 2.34. The van der Waals surface area contributed by atoms with E-state index < -0.39 is 0 Å². The van der Waals surface area contributed by atoms with Crippen molar-refractivity contribution in [3.05, 3.63) is 48.0 Å². The SMILES string of the molecule is CCC(C)c1ccccc1NC(=S)Nc1ccc2c(c1)OCO2. The summed E-state index contributed by atoms with van der Waals surface area (Å²) in [6.07, 6.45) is 1.08. The highest BCUT2D eigenvalue weighted by Gasteiger charge is 2.14. The van der Waals surface area contributed by atoms with Crippen LogP contribution in [-0.4, -0.2) is 11.9 Å². The minimum Gasteiger partial charge on any atom is -0.454 e. The molecule has 0 amide bonds. The second kappa shape index (κ2) is 6.87. The lowest BCUT2D eigenvalue weighted by molar-refractivity contribution is 0.174. The van der Waals surface area contributed by atoms with Gasteiger partial charge in [0.05, 0.1) is 0 Å². The molecule has 0 bridgehead atoms. The Morgan fingerprint density at radius 1 is 1.13 bits per heavy atom. The topological polar surface area (TPSA) is 42.5 Å². The van der Waals surface area contributed by atoms with Crippen LogP contribution in [0.1, 0.15) is 31.7 Å². The van der Waals surface area contributed by atoms with Gasteiger partial charge in [0.15, 0.2) is 16.6 Å². The molecule has 1 aliphatic heterocycles. The number of para-hydroxylation sites is 1. The normalized spacial score (nSPS) is 13.5. The minimum absolute atomic E-state index is 0.268. The van der Waals surface area contributed by atoms with Crippen LogP contribution >= 0.6 is 12.2 Å². The van der Waals surface area contributed by atoms with Crippen LogP contribution in [0, 0.1) is 0 Å². The molecule has 0 spiro atoms. The largest absolute Gasteiger partial charge is 0.454 e. The third kappa shape index (κ3) is 3.56. The summed E-state index contributed by atoms with van der Waals surface area (Å²) >= 11 is 5.43. The van der Waals surface area contributed by atoms with Crippen molar-refractivity contribution >= 4 is 28.7 Å². The van der Waals surface area contributed by atoms with E-state index in [0.717, 1.165) is 29.3 Å². The average Bonchev–Trinajstić information content (AvgIpc) is 3.02. The highest BCUT2D eigenvalue weighted by atomic mass is 32.1.